The molecule has 1 aromatic carbocycles. The van der Waals surface area contributed by atoms with Gasteiger partial charge < -0.3 is 0 Å². The summed E-state index contributed by atoms with van der Waals surface area (Å²) in [5, 5.41) is 6.36. The third kappa shape index (κ3) is 3.37. The fourth-order valence-corrected chi connectivity index (χ4v) is 1.71. The van der Waals surface area contributed by atoms with Crippen molar-refractivity contribution in [2.45, 2.75) is 19.1 Å². The van der Waals surface area contributed by atoms with Crippen LogP contribution in [0.2, 0.25) is 5.02 Å². The van der Waals surface area contributed by atoms with Gasteiger partial charge in [-0.25, -0.2) is 9.89 Å². The van der Waals surface area contributed by atoms with Crippen LogP contribution in [-0.4, -0.2) is 20.9 Å². The van der Waals surface area contributed by atoms with E-state index in [1.807, 2.05) is 0 Å². The molecule has 0 bridgehead atoms. The fraction of sp³-hybridized carbons (Fsp3) is 0.273. The van der Waals surface area contributed by atoms with Crippen molar-refractivity contribution in [2.75, 3.05) is 0 Å². The molecule has 1 aromatic heterocycles. The number of alkyl halides is 3. The lowest BCUT2D eigenvalue weighted by atomic mass is 10.2. The van der Waals surface area contributed by atoms with Crippen molar-refractivity contribution >= 4 is 11.6 Å². The predicted octanol–water partition coefficient (Wildman–Crippen LogP) is 2.84. The van der Waals surface area contributed by atoms with Gasteiger partial charge in [-0.05, 0) is 24.3 Å². The summed E-state index contributed by atoms with van der Waals surface area (Å²) in [6.45, 7) is -0.475. The lowest BCUT2D eigenvalue weighted by molar-refractivity contribution is -0.136. The van der Waals surface area contributed by atoms with Crippen LogP contribution in [0.5, 0.6) is 0 Å². The normalized spacial score (nSPS) is 11.8. The van der Waals surface area contributed by atoms with Crippen LogP contribution >= 0.6 is 11.6 Å². The highest BCUT2D eigenvalue weighted by atomic mass is 35.5. The van der Waals surface area contributed by atoms with E-state index in [-0.39, 0.29) is 5.82 Å². The highest BCUT2D eigenvalue weighted by Crippen LogP contribution is 2.22. The highest BCUT2D eigenvalue weighted by Gasteiger charge is 2.27. The second-order valence-electron chi connectivity index (χ2n) is 3.88. The molecule has 19 heavy (non-hydrogen) atoms. The first-order valence-corrected chi connectivity index (χ1v) is 5.72. The number of aromatic nitrogens is 3. The van der Waals surface area contributed by atoms with Gasteiger partial charge in [0.2, 0.25) is 0 Å². The van der Waals surface area contributed by atoms with Crippen molar-refractivity contribution < 1.29 is 13.2 Å². The minimum absolute atomic E-state index is 0.158. The Balaban J connectivity index is 2.32. The van der Waals surface area contributed by atoms with Gasteiger partial charge in [0, 0.05) is 17.1 Å². The molecular weight excluding hydrogens is 283 g/mol. The lowest BCUT2D eigenvalue weighted by Gasteiger charge is -2.08. The topological polar surface area (TPSA) is 50.7 Å². The summed E-state index contributed by atoms with van der Waals surface area (Å²) in [7, 11) is 0. The van der Waals surface area contributed by atoms with Crippen LogP contribution in [0.3, 0.4) is 0 Å². The summed E-state index contributed by atoms with van der Waals surface area (Å²) < 4.78 is 37.6. The molecule has 1 N–H and O–H groups in total. The smallest absolute Gasteiger partial charge is 0.275 e. The van der Waals surface area contributed by atoms with E-state index in [1.165, 1.54) is 0 Å². The highest BCUT2D eigenvalue weighted by molar-refractivity contribution is 6.30. The van der Waals surface area contributed by atoms with E-state index < -0.39 is 24.8 Å². The quantitative estimate of drug-likeness (QED) is 0.945. The van der Waals surface area contributed by atoms with Gasteiger partial charge >= 0.3 is 11.9 Å². The number of nitrogens with one attached hydrogen (secondary N) is 1. The first-order valence-electron chi connectivity index (χ1n) is 5.35. The molecule has 0 unspecified atom stereocenters. The second-order valence-corrected chi connectivity index (χ2v) is 4.31. The van der Waals surface area contributed by atoms with Crippen molar-refractivity contribution in [3.63, 3.8) is 0 Å². The van der Waals surface area contributed by atoms with Crippen LogP contribution in [0, 0.1) is 0 Å². The van der Waals surface area contributed by atoms with Crippen LogP contribution in [0.4, 0.5) is 13.2 Å². The Labute approximate surface area is 110 Å². The summed E-state index contributed by atoms with van der Waals surface area (Å²) in [4.78, 5) is 11.4. The number of aromatic amines is 1. The standard InChI is InChI=1S/C11H9ClF3N3O/c12-8-3-1-7(2-4-8)9-16-17-10(19)18(9)6-5-11(13,14)15/h1-4H,5-6H2,(H,17,19). The van der Waals surface area contributed by atoms with Gasteiger partial charge in [0.25, 0.3) is 0 Å². The summed E-state index contributed by atoms with van der Waals surface area (Å²) in [5.74, 6) is 0.158. The van der Waals surface area contributed by atoms with Gasteiger partial charge in [-0.15, -0.1) is 0 Å². The maximum atomic E-state index is 12.2. The van der Waals surface area contributed by atoms with Crippen molar-refractivity contribution in [1.82, 2.24) is 14.8 Å². The average molecular weight is 292 g/mol. The van der Waals surface area contributed by atoms with Crippen LogP contribution in [0.25, 0.3) is 11.4 Å². The Morgan fingerprint density at radius 1 is 1.26 bits per heavy atom. The maximum Gasteiger partial charge on any atom is 0.390 e. The third-order valence-electron chi connectivity index (χ3n) is 2.48. The Morgan fingerprint density at radius 3 is 2.47 bits per heavy atom. The number of hydrogen-bond donors (Lipinski definition) is 1. The molecule has 0 amide bonds. The molecule has 0 aliphatic rings. The molecule has 0 saturated carbocycles. The molecular formula is C11H9ClF3N3O. The third-order valence-corrected chi connectivity index (χ3v) is 2.73. The van der Waals surface area contributed by atoms with Gasteiger partial charge in [-0.1, -0.05) is 11.6 Å². The predicted molar refractivity (Wildman–Crippen MR) is 64.0 cm³/mol. The Hall–Kier alpha value is -1.76. The number of H-pyrrole nitrogens is 1. The van der Waals surface area contributed by atoms with E-state index in [0.717, 1.165) is 4.57 Å². The van der Waals surface area contributed by atoms with Crippen LogP contribution < -0.4 is 5.69 Å². The van der Waals surface area contributed by atoms with Crippen LogP contribution in [0.1, 0.15) is 6.42 Å². The van der Waals surface area contributed by atoms with Gasteiger partial charge in [0.1, 0.15) is 0 Å². The molecule has 8 heteroatoms. The van der Waals surface area contributed by atoms with Gasteiger partial charge in [-0.2, -0.15) is 18.3 Å². The molecule has 2 rings (SSSR count). The summed E-state index contributed by atoms with van der Waals surface area (Å²) in [6, 6.07) is 6.32. The van der Waals surface area contributed by atoms with Crippen LogP contribution in [-0.2, 0) is 6.54 Å². The first-order chi connectivity index (χ1) is 8.87. The molecule has 2 aromatic rings. The van der Waals surface area contributed by atoms with E-state index in [4.69, 9.17) is 11.6 Å². The summed E-state index contributed by atoms with van der Waals surface area (Å²) >= 11 is 5.72. The summed E-state index contributed by atoms with van der Waals surface area (Å²) in [5.41, 5.74) is -0.154. The minimum Gasteiger partial charge on any atom is -0.275 e. The van der Waals surface area contributed by atoms with Crippen molar-refractivity contribution in [3.05, 3.63) is 39.8 Å². The molecule has 0 fully saturated rings. The molecule has 0 spiro atoms. The lowest BCUT2D eigenvalue weighted by Crippen LogP contribution is -2.21. The SMILES string of the molecule is O=c1[nH]nc(-c2ccc(Cl)cc2)n1CCC(F)(F)F. The van der Waals surface area contributed by atoms with Crippen LogP contribution in [0.15, 0.2) is 29.1 Å². The number of rotatable bonds is 3. The number of hydrogen-bond acceptors (Lipinski definition) is 2. The van der Waals surface area contributed by atoms with Crippen molar-refractivity contribution in [3.8, 4) is 11.4 Å². The zero-order valence-corrected chi connectivity index (χ0v) is 10.3. The minimum atomic E-state index is -4.33. The molecule has 4 nitrogen and oxygen atoms in total. The molecule has 1 heterocycles. The fourth-order valence-electron chi connectivity index (χ4n) is 1.58. The number of nitrogens with zero attached hydrogens (tertiary/aromatic N) is 2. The second kappa shape index (κ2) is 5.08. The van der Waals surface area contributed by atoms with Gasteiger partial charge in [0.05, 0.1) is 6.42 Å². The maximum absolute atomic E-state index is 12.2. The monoisotopic (exact) mass is 291 g/mol. The van der Waals surface area contributed by atoms with Gasteiger partial charge in [0.15, 0.2) is 5.82 Å². The van der Waals surface area contributed by atoms with E-state index in [0.29, 0.717) is 10.6 Å². The zero-order valence-electron chi connectivity index (χ0n) is 9.54. The molecule has 0 saturated heterocycles. The summed E-state index contributed by atoms with van der Waals surface area (Å²) in [6.07, 6.45) is -5.42. The number of halogens is 4. The molecule has 0 aliphatic carbocycles. The Kier molecular flexibility index (Phi) is 3.66. The first kappa shape index (κ1) is 13.7. The van der Waals surface area contributed by atoms with Crippen molar-refractivity contribution in [1.29, 1.82) is 0 Å². The van der Waals surface area contributed by atoms with Gasteiger partial charge in [-0.3, -0.25) is 4.57 Å². The largest absolute Gasteiger partial charge is 0.390 e. The Bertz CT molecular complexity index is 615. The molecule has 102 valence electrons. The van der Waals surface area contributed by atoms with E-state index >= 15 is 0 Å². The van der Waals surface area contributed by atoms with E-state index in [2.05, 4.69) is 10.2 Å². The number of benzene rings is 1. The van der Waals surface area contributed by atoms with Crippen molar-refractivity contribution in [2.24, 2.45) is 0 Å². The Morgan fingerprint density at radius 2 is 1.89 bits per heavy atom. The molecule has 0 atom stereocenters. The van der Waals surface area contributed by atoms with E-state index in [9.17, 15) is 18.0 Å². The average Bonchev–Trinajstić information content (AvgIpc) is 2.68. The zero-order chi connectivity index (χ0) is 14.0. The van der Waals surface area contributed by atoms with E-state index in [1.54, 1.807) is 24.3 Å². The molecule has 0 aliphatic heterocycles. The molecule has 0 radical (unpaired) electrons.